The molecule has 0 aliphatic carbocycles. The lowest BCUT2D eigenvalue weighted by atomic mass is 9.98. The molecule has 0 spiro atoms. The van der Waals surface area contributed by atoms with Gasteiger partial charge in [-0.15, -0.1) is 0 Å². The zero-order valence-corrected chi connectivity index (χ0v) is 18.6. The fraction of sp³-hybridized carbons (Fsp3) is 0.222. The van der Waals surface area contributed by atoms with Crippen LogP contribution in [-0.4, -0.2) is 14.8 Å². The van der Waals surface area contributed by atoms with Crippen LogP contribution in [0.3, 0.4) is 0 Å². The molecule has 2 aromatic carbocycles. The predicted molar refractivity (Wildman–Crippen MR) is 111 cm³/mol. The zero-order valence-electron chi connectivity index (χ0n) is 14.7. The second-order valence-corrected chi connectivity index (χ2v) is 9.82. The highest BCUT2D eigenvalue weighted by atomic mass is 79.9. The second-order valence-electron chi connectivity index (χ2n) is 6.53. The first kappa shape index (κ1) is 21.8. The first-order valence-corrected chi connectivity index (χ1v) is 11.2. The van der Waals surface area contributed by atoms with Crippen molar-refractivity contribution in [1.29, 1.82) is 0 Å². The highest BCUT2D eigenvalue weighted by Crippen LogP contribution is 2.60. The van der Waals surface area contributed by atoms with Gasteiger partial charge in [0.15, 0.2) is 0 Å². The van der Waals surface area contributed by atoms with E-state index in [-0.39, 0.29) is 4.47 Å². The standard InChI is InChI=1S/C18H15BrCl2F2NO3P/c1-8-9(2)24-17-15(8)11(7-14(20)16(17)21)5-10-3-4-12(13(19)6-10)18(22,23)28(25,26)27/h3-4,6-7,24H,5H2,1-2H3,(H2,25,26,27). The molecule has 28 heavy (non-hydrogen) atoms. The number of aromatic amines is 1. The average Bonchev–Trinajstić information content (AvgIpc) is 2.87. The molecule has 0 bridgehead atoms. The molecule has 4 nitrogen and oxygen atoms in total. The largest absolute Gasteiger partial charge is 0.399 e. The fourth-order valence-corrected chi connectivity index (χ4v) is 4.88. The minimum absolute atomic E-state index is 0.0865. The molecular weight excluding hydrogens is 498 g/mol. The van der Waals surface area contributed by atoms with Crippen molar-refractivity contribution in [2.45, 2.75) is 25.9 Å². The molecule has 10 heteroatoms. The number of aromatic nitrogens is 1. The summed E-state index contributed by atoms with van der Waals surface area (Å²) in [6.07, 6.45) is 0.367. The number of hydrogen-bond donors (Lipinski definition) is 3. The quantitative estimate of drug-likeness (QED) is 0.342. The van der Waals surface area contributed by atoms with Gasteiger partial charge in [-0.05, 0) is 49.1 Å². The van der Waals surface area contributed by atoms with Crippen LogP contribution < -0.4 is 0 Å². The van der Waals surface area contributed by atoms with E-state index < -0.39 is 18.8 Å². The summed E-state index contributed by atoms with van der Waals surface area (Å²) in [5, 5.41) is 1.69. The third-order valence-electron chi connectivity index (χ3n) is 4.67. The van der Waals surface area contributed by atoms with E-state index in [1.165, 1.54) is 12.1 Å². The van der Waals surface area contributed by atoms with Crippen LogP contribution in [0.2, 0.25) is 10.0 Å². The molecule has 0 atom stereocenters. The normalized spacial score (nSPS) is 12.8. The van der Waals surface area contributed by atoms with Crippen molar-refractivity contribution in [3.05, 3.63) is 66.7 Å². The molecule has 0 aliphatic rings. The molecule has 1 heterocycles. The summed E-state index contributed by atoms with van der Waals surface area (Å²) < 4.78 is 39.1. The monoisotopic (exact) mass is 511 g/mol. The van der Waals surface area contributed by atoms with Crippen LogP contribution in [0.25, 0.3) is 10.9 Å². The van der Waals surface area contributed by atoms with Gasteiger partial charge in [-0.2, -0.15) is 8.78 Å². The summed E-state index contributed by atoms with van der Waals surface area (Å²) in [5.74, 6) is 0. The van der Waals surface area contributed by atoms with E-state index in [1.807, 2.05) is 13.8 Å². The number of alkyl halides is 2. The van der Waals surface area contributed by atoms with Gasteiger partial charge in [0.25, 0.3) is 0 Å². The average molecular weight is 513 g/mol. The molecule has 3 aromatic rings. The van der Waals surface area contributed by atoms with Crippen molar-refractivity contribution in [3.63, 3.8) is 0 Å². The highest BCUT2D eigenvalue weighted by Gasteiger charge is 2.51. The van der Waals surface area contributed by atoms with Crippen LogP contribution in [0, 0.1) is 13.8 Å². The lowest BCUT2D eigenvalue weighted by molar-refractivity contribution is 0.0557. The Labute approximate surface area is 178 Å². The molecule has 0 saturated carbocycles. The van der Waals surface area contributed by atoms with Crippen LogP contribution in [0.15, 0.2) is 28.7 Å². The van der Waals surface area contributed by atoms with E-state index in [1.54, 1.807) is 6.07 Å². The Bertz CT molecular complexity index is 1140. The van der Waals surface area contributed by atoms with Crippen molar-refractivity contribution in [2.24, 2.45) is 0 Å². The van der Waals surface area contributed by atoms with Gasteiger partial charge in [-0.3, -0.25) is 4.57 Å². The minimum atomic E-state index is -5.65. The second kappa shape index (κ2) is 7.38. The Balaban J connectivity index is 2.08. The van der Waals surface area contributed by atoms with Crippen LogP contribution in [0.1, 0.15) is 27.9 Å². The molecule has 0 unspecified atom stereocenters. The number of hydrogen-bond acceptors (Lipinski definition) is 1. The van der Waals surface area contributed by atoms with Gasteiger partial charge in [0, 0.05) is 21.1 Å². The Kier molecular flexibility index (Phi) is 5.74. The highest BCUT2D eigenvalue weighted by molar-refractivity contribution is 9.10. The predicted octanol–water partition coefficient (Wildman–Crippen LogP) is 6.67. The lowest BCUT2D eigenvalue weighted by Crippen LogP contribution is -2.14. The first-order valence-electron chi connectivity index (χ1n) is 8.02. The maximum atomic E-state index is 14.0. The Morgan fingerprint density at radius 2 is 1.86 bits per heavy atom. The maximum Gasteiger partial charge on any atom is 0.399 e. The molecule has 3 N–H and O–H groups in total. The summed E-state index contributed by atoms with van der Waals surface area (Å²) >= 11 is 15.5. The Morgan fingerprint density at radius 3 is 2.43 bits per heavy atom. The van der Waals surface area contributed by atoms with E-state index >= 15 is 0 Å². The number of H-pyrrole nitrogens is 1. The van der Waals surface area contributed by atoms with Gasteiger partial charge >= 0.3 is 13.3 Å². The van der Waals surface area contributed by atoms with E-state index in [0.29, 0.717) is 27.5 Å². The van der Waals surface area contributed by atoms with E-state index in [9.17, 15) is 13.3 Å². The molecule has 3 rings (SSSR count). The summed E-state index contributed by atoms with van der Waals surface area (Å²) in [6.45, 7) is 3.86. The number of halogens is 5. The van der Waals surface area contributed by atoms with Gasteiger partial charge in [0.05, 0.1) is 15.6 Å². The number of fused-ring (bicyclic) bond motifs is 1. The van der Waals surface area contributed by atoms with Crippen LogP contribution in [-0.2, 0) is 16.6 Å². The van der Waals surface area contributed by atoms with Crippen LogP contribution in [0.4, 0.5) is 8.78 Å². The number of rotatable bonds is 4. The molecule has 1 aromatic heterocycles. The smallest absolute Gasteiger partial charge is 0.357 e. The molecular formula is C18H15BrCl2F2NO3P. The van der Waals surface area contributed by atoms with Crippen molar-refractivity contribution in [2.75, 3.05) is 0 Å². The molecule has 0 fully saturated rings. The Hall–Kier alpha value is -0.950. The summed E-state index contributed by atoms with van der Waals surface area (Å²) in [4.78, 5) is 21.1. The topological polar surface area (TPSA) is 73.3 Å². The van der Waals surface area contributed by atoms with Gasteiger partial charge in [0.2, 0.25) is 0 Å². The SMILES string of the molecule is Cc1[nH]c2c(Cl)c(Cl)cc(Cc3ccc(C(F)(F)P(=O)(O)O)c(Br)c3)c2c1C. The van der Waals surface area contributed by atoms with Crippen LogP contribution in [0.5, 0.6) is 0 Å². The molecule has 0 amide bonds. The van der Waals surface area contributed by atoms with Gasteiger partial charge in [-0.25, -0.2) is 0 Å². The summed E-state index contributed by atoms with van der Waals surface area (Å²) in [6, 6.07) is 5.58. The Morgan fingerprint density at radius 1 is 1.21 bits per heavy atom. The maximum absolute atomic E-state index is 14.0. The van der Waals surface area contributed by atoms with Crippen LogP contribution >= 0.6 is 46.7 Å². The summed E-state index contributed by atoms with van der Waals surface area (Å²) in [5.41, 5.74) is -0.871. The third kappa shape index (κ3) is 3.64. The fourth-order valence-electron chi connectivity index (χ4n) is 3.12. The molecule has 0 radical (unpaired) electrons. The molecule has 150 valence electrons. The zero-order chi connectivity index (χ0) is 21.0. The number of aryl methyl sites for hydroxylation is 2. The van der Waals surface area contributed by atoms with E-state index in [0.717, 1.165) is 28.3 Å². The van der Waals surface area contributed by atoms with Crippen molar-refractivity contribution in [1.82, 2.24) is 4.98 Å². The third-order valence-corrected chi connectivity index (χ3v) is 7.09. The van der Waals surface area contributed by atoms with E-state index in [4.69, 9.17) is 33.0 Å². The number of benzene rings is 2. The lowest BCUT2D eigenvalue weighted by Gasteiger charge is -2.19. The van der Waals surface area contributed by atoms with Gasteiger partial charge < -0.3 is 14.8 Å². The molecule has 0 aliphatic heterocycles. The van der Waals surface area contributed by atoms with E-state index in [2.05, 4.69) is 20.9 Å². The van der Waals surface area contributed by atoms with Gasteiger partial charge in [0.1, 0.15) is 0 Å². The van der Waals surface area contributed by atoms with Crippen molar-refractivity contribution >= 4 is 57.6 Å². The summed E-state index contributed by atoms with van der Waals surface area (Å²) in [7, 11) is -5.65. The molecule has 0 saturated heterocycles. The van der Waals surface area contributed by atoms with Crippen molar-refractivity contribution in [3.8, 4) is 0 Å². The van der Waals surface area contributed by atoms with Crippen molar-refractivity contribution < 1.29 is 23.1 Å². The van der Waals surface area contributed by atoms with Gasteiger partial charge in [-0.1, -0.05) is 51.3 Å². The number of nitrogens with one attached hydrogen (secondary N) is 1. The first-order chi connectivity index (χ1) is 12.8. The minimum Gasteiger partial charge on any atom is -0.357 e.